The summed E-state index contributed by atoms with van der Waals surface area (Å²) in [5, 5.41) is 0. The van der Waals surface area contributed by atoms with Crippen LogP contribution in [0.2, 0.25) is 0 Å². The second kappa shape index (κ2) is 4.45. The first-order chi connectivity index (χ1) is 6.57. The molecule has 0 fully saturated rings. The molecule has 0 aliphatic heterocycles. The molecule has 0 bridgehead atoms. The Bertz CT molecular complexity index is 346. The zero-order valence-corrected chi connectivity index (χ0v) is 9.78. The van der Waals surface area contributed by atoms with Gasteiger partial charge >= 0.3 is 0 Å². The summed E-state index contributed by atoms with van der Waals surface area (Å²) in [6, 6.07) is 2.32. The molecule has 76 valence electrons. The smallest absolute Gasteiger partial charge is 0.0241 e. The van der Waals surface area contributed by atoms with E-state index >= 15 is 0 Å². The summed E-state index contributed by atoms with van der Waals surface area (Å²) in [6.45, 7) is 12.6. The Kier molecular flexibility index (Phi) is 3.51. The molecule has 0 heteroatoms. The van der Waals surface area contributed by atoms with E-state index in [0.29, 0.717) is 0 Å². The van der Waals surface area contributed by atoms with Gasteiger partial charge in [0.05, 0.1) is 0 Å². The van der Waals surface area contributed by atoms with Gasteiger partial charge in [-0.2, -0.15) is 0 Å². The molecule has 0 nitrogen and oxygen atoms in total. The molecule has 0 saturated heterocycles. The third-order valence-electron chi connectivity index (χ3n) is 3.21. The fourth-order valence-electron chi connectivity index (χ4n) is 1.81. The molecule has 0 atom stereocenters. The largest absolute Gasteiger partial charge is 0.103 e. The molecule has 14 heavy (non-hydrogen) atoms. The van der Waals surface area contributed by atoms with Crippen LogP contribution in [0, 0.1) is 27.7 Å². The van der Waals surface area contributed by atoms with Gasteiger partial charge in [-0.15, -0.1) is 6.58 Å². The average Bonchev–Trinajstić information content (AvgIpc) is 2.18. The SMILES string of the molecule is C=CCCc1cc(C)c(C)c(C)c1C. The molecule has 0 amide bonds. The van der Waals surface area contributed by atoms with E-state index in [4.69, 9.17) is 0 Å². The molecule has 0 spiro atoms. The number of rotatable bonds is 3. The lowest BCUT2D eigenvalue weighted by Gasteiger charge is -2.13. The van der Waals surface area contributed by atoms with E-state index in [-0.39, 0.29) is 0 Å². The van der Waals surface area contributed by atoms with E-state index in [0.717, 1.165) is 12.8 Å². The first kappa shape index (κ1) is 11.0. The van der Waals surface area contributed by atoms with E-state index in [9.17, 15) is 0 Å². The van der Waals surface area contributed by atoms with Crippen LogP contribution in [-0.2, 0) is 6.42 Å². The van der Waals surface area contributed by atoms with Crippen molar-refractivity contribution < 1.29 is 0 Å². The van der Waals surface area contributed by atoms with E-state index in [1.165, 1.54) is 27.8 Å². The van der Waals surface area contributed by atoms with E-state index in [1.54, 1.807) is 0 Å². The summed E-state index contributed by atoms with van der Waals surface area (Å²) < 4.78 is 0. The second-order valence-electron chi connectivity index (χ2n) is 4.05. The van der Waals surface area contributed by atoms with Gasteiger partial charge in [-0.05, 0) is 68.4 Å². The summed E-state index contributed by atoms with van der Waals surface area (Å²) >= 11 is 0. The Morgan fingerprint density at radius 1 is 1.07 bits per heavy atom. The van der Waals surface area contributed by atoms with Crippen LogP contribution in [0.25, 0.3) is 0 Å². The monoisotopic (exact) mass is 188 g/mol. The highest BCUT2D eigenvalue weighted by Gasteiger charge is 2.05. The van der Waals surface area contributed by atoms with Gasteiger partial charge in [0.25, 0.3) is 0 Å². The van der Waals surface area contributed by atoms with Crippen LogP contribution >= 0.6 is 0 Å². The molecule has 0 aliphatic rings. The van der Waals surface area contributed by atoms with Crippen LogP contribution in [0.4, 0.5) is 0 Å². The highest BCUT2D eigenvalue weighted by atomic mass is 14.1. The van der Waals surface area contributed by atoms with Crippen molar-refractivity contribution in [2.75, 3.05) is 0 Å². The molecule has 0 radical (unpaired) electrons. The fourth-order valence-corrected chi connectivity index (χ4v) is 1.81. The molecule has 0 aliphatic carbocycles. The van der Waals surface area contributed by atoms with E-state index in [2.05, 4.69) is 40.3 Å². The quantitative estimate of drug-likeness (QED) is 0.628. The normalized spacial score (nSPS) is 10.3. The number of allylic oxidation sites excluding steroid dienone is 1. The van der Waals surface area contributed by atoms with Crippen molar-refractivity contribution in [1.82, 2.24) is 0 Å². The van der Waals surface area contributed by atoms with Gasteiger partial charge in [0, 0.05) is 0 Å². The third kappa shape index (κ3) is 2.06. The van der Waals surface area contributed by atoms with Gasteiger partial charge in [-0.25, -0.2) is 0 Å². The van der Waals surface area contributed by atoms with Gasteiger partial charge < -0.3 is 0 Å². The van der Waals surface area contributed by atoms with Gasteiger partial charge in [0.2, 0.25) is 0 Å². The number of benzene rings is 1. The molecule has 0 unspecified atom stereocenters. The average molecular weight is 188 g/mol. The Morgan fingerprint density at radius 3 is 2.29 bits per heavy atom. The molecule has 1 aromatic rings. The molecular formula is C14H20. The van der Waals surface area contributed by atoms with Crippen molar-refractivity contribution in [1.29, 1.82) is 0 Å². The summed E-state index contributed by atoms with van der Waals surface area (Å²) in [5.74, 6) is 0. The molecule has 0 saturated carbocycles. The summed E-state index contributed by atoms with van der Waals surface area (Å²) in [7, 11) is 0. The Balaban J connectivity index is 3.12. The van der Waals surface area contributed by atoms with Crippen LogP contribution < -0.4 is 0 Å². The summed E-state index contributed by atoms with van der Waals surface area (Å²) in [4.78, 5) is 0. The Hall–Kier alpha value is -1.04. The Morgan fingerprint density at radius 2 is 1.71 bits per heavy atom. The molecule has 1 aromatic carbocycles. The third-order valence-corrected chi connectivity index (χ3v) is 3.21. The van der Waals surface area contributed by atoms with E-state index in [1.807, 2.05) is 6.08 Å². The highest BCUT2D eigenvalue weighted by Crippen LogP contribution is 2.22. The minimum absolute atomic E-state index is 1.07. The first-order valence-electron chi connectivity index (χ1n) is 5.25. The van der Waals surface area contributed by atoms with Crippen molar-refractivity contribution in [3.63, 3.8) is 0 Å². The topological polar surface area (TPSA) is 0 Å². The maximum absolute atomic E-state index is 3.77. The maximum atomic E-state index is 3.77. The van der Waals surface area contributed by atoms with Crippen LogP contribution in [-0.4, -0.2) is 0 Å². The van der Waals surface area contributed by atoms with E-state index < -0.39 is 0 Å². The maximum Gasteiger partial charge on any atom is -0.0241 e. The lowest BCUT2D eigenvalue weighted by Crippen LogP contribution is -1.97. The predicted molar refractivity (Wildman–Crippen MR) is 63.9 cm³/mol. The van der Waals surface area contributed by atoms with Crippen molar-refractivity contribution in [3.8, 4) is 0 Å². The van der Waals surface area contributed by atoms with Gasteiger partial charge in [-0.1, -0.05) is 12.1 Å². The van der Waals surface area contributed by atoms with Crippen LogP contribution in [0.1, 0.15) is 34.2 Å². The first-order valence-corrected chi connectivity index (χ1v) is 5.25. The number of aryl methyl sites for hydroxylation is 2. The number of hydrogen-bond donors (Lipinski definition) is 0. The Labute approximate surface area is 87.7 Å². The fraction of sp³-hybridized carbons (Fsp3) is 0.429. The molecule has 0 heterocycles. The van der Waals surface area contributed by atoms with Crippen molar-refractivity contribution in [2.24, 2.45) is 0 Å². The molecule has 1 rings (SSSR count). The lowest BCUT2D eigenvalue weighted by atomic mass is 9.92. The van der Waals surface area contributed by atoms with Gasteiger partial charge in [0.15, 0.2) is 0 Å². The highest BCUT2D eigenvalue weighted by molar-refractivity contribution is 5.43. The lowest BCUT2D eigenvalue weighted by molar-refractivity contribution is 0.975. The van der Waals surface area contributed by atoms with Crippen molar-refractivity contribution in [3.05, 3.63) is 46.5 Å². The zero-order chi connectivity index (χ0) is 10.7. The van der Waals surface area contributed by atoms with Gasteiger partial charge in [-0.3, -0.25) is 0 Å². The summed E-state index contributed by atoms with van der Waals surface area (Å²) in [5.41, 5.74) is 7.22. The summed E-state index contributed by atoms with van der Waals surface area (Å²) in [6.07, 6.45) is 4.18. The molecular weight excluding hydrogens is 168 g/mol. The number of hydrogen-bond acceptors (Lipinski definition) is 0. The molecule has 0 N–H and O–H groups in total. The van der Waals surface area contributed by atoms with Crippen molar-refractivity contribution in [2.45, 2.75) is 40.5 Å². The van der Waals surface area contributed by atoms with Crippen LogP contribution in [0.3, 0.4) is 0 Å². The zero-order valence-electron chi connectivity index (χ0n) is 9.78. The van der Waals surface area contributed by atoms with Crippen LogP contribution in [0.5, 0.6) is 0 Å². The van der Waals surface area contributed by atoms with Gasteiger partial charge in [0.1, 0.15) is 0 Å². The predicted octanol–water partition coefficient (Wildman–Crippen LogP) is 4.04. The minimum Gasteiger partial charge on any atom is -0.103 e. The second-order valence-corrected chi connectivity index (χ2v) is 4.05. The standard InChI is InChI=1S/C14H20/c1-6-7-8-14-9-10(2)11(3)12(4)13(14)5/h6,9H,1,7-8H2,2-5H3. The van der Waals surface area contributed by atoms with Crippen molar-refractivity contribution >= 4 is 0 Å². The molecule has 0 aromatic heterocycles. The van der Waals surface area contributed by atoms with Crippen LogP contribution in [0.15, 0.2) is 18.7 Å². The minimum atomic E-state index is 1.07.